The lowest BCUT2D eigenvalue weighted by Gasteiger charge is -2.27. The lowest BCUT2D eigenvalue weighted by molar-refractivity contribution is 0.0974. The standard InChI is InChI=1S/C25H21Cl2NO4S/c1-33-14-6-7-15(19(12-14)28(10-8-26)11-9-27)18-13-20(29)21-22(25(18)32)24(31)17-5-3-2-4-16(17)23(21)30/h2-7,12-13,29,32H,8-11H2,1H3. The Labute approximate surface area is 205 Å². The Morgan fingerprint density at radius 1 is 0.818 bits per heavy atom. The van der Waals surface area contributed by atoms with Gasteiger partial charge in [0, 0.05) is 57.7 Å². The summed E-state index contributed by atoms with van der Waals surface area (Å²) in [5.41, 5.74) is 1.65. The summed E-state index contributed by atoms with van der Waals surface area (Å²) in [6, 6.07) is 13.4. The normalized spacial score (nSPS) is 12.5. The average Bonchev–Trinajstić information content (AvgIpc) is 2.83. The second kappa shape index (κ2) is 9.67. The summed E-state index contributed by atoms with van der Waals surface area (Å²) in [6.07, 6.45) is 1.95. The molecule has 33 heavy (non-hydrogen) atoms. The Kier molecular flexibility index (Phi) is 6.88. The number of phenols is 2. The van der Waals surface area contributed by atoms with Gasteiger partial charge >= 0.3 is 0 Å². The highest BCUT2D eigenvalue weighted by molar-refractivity contribution is 7.98. The maximum absolute atomic E-state index is 13.3. The topological polar surface area (TPSA) is 77.8 Å². The van der Waals surface area contributed by atoms with Crippen molar-refractivity contribution in [2.24, 2.45) is 0 Å². The molecule has 0 fully saturated rings. The van der Waals surface area contributed by atoms with Gasteiger partial charge in [0.2, 0.25) is 0 Å². The van der Waals surface area contributed by atoms with Gasteiger partial charge in [0.05, 0.1) is 11.1 Å². The molecule has 0 aliphatic heterocycles. The van der Waals surface area contributed by atoms with Crippen molar-refractivity contribution >= 4 is 52.2 Å². The van der Waals surface area contributed by atoms with Crippen LogP contribution in [0.25, 0.3) is 11.1 Å². The van der Waals surface area contributed by atoms with Gasteiger partial charge in [-0.3, -0.25) is 9.59 Å². The molecule has 0 bridgehead atoms. The van der Waals surface area contributed by atoms with Crippen molar-refractivity contribution < 1.29 is 19.8 Å². The van der Waals surface area contributed by atoms with Crippen LogP contribution >= 0.6 is 35.0 Å². The van der Waals surface area contributed by atoms with Crippen LogP contribution in [0.2, 0.25) is 0 Å². The molecule has 0 saturated carbocycles. The van der Waals surface area contributed by atoms with Crippen molar-refractivity contribution in [3.05, 3.63) is 70.8 Å². The first kappa shape index (κ1) is 23.5. The van der Waals surface area contributed by atoms with E-state index in [1.807, 2.05) is 29.4 Å². The molecule has 3 aromatic rings. The van der Waals surface area contributed by atoms with Crippen molar-refractivity contribution in [2.45, 2.75) is 4.90 Å². The fourth-order valence-electron chi connectivity index (χ4n) is 4.15. The highest BCUT2D eigenvalue weighted by Gasteiger charge is 2.36. The van der Waals surface area contributed by atoms with Crippen LogP contribution < -0.4 is 4.90 Å². The van der Waals surface area contributed by atoms with Gasteiger partial charge in [0.25, 0.3) is 0 Å². The average molecular weight is 502 g/mol. The Morgan fingerprint density at radius 2 is 1.42 bits per heavy atom. The van der Waals surface area contributed by atoms with Crippen molar-refractivity contribution in [1.29, 1.82) is 0 Å². The van der Waals surface area contributed by atoms with E-state index in [1.54, 1.807) is 36.0 Å². The summed E-state index contributed by atoms with van der Waals surface area (Å²) < 4.78 is 0. The smallest absolute Gasteiger partial charge is 0.198 e. The number of ketones is 2. The van der Waals surface area contributed by atoms with Gasteiger partial charge in [-0.1, -0.05) is 30.3 Å². The number of anilines is 1. The molecule has 0 atom stereocenters. The molecule has 0 heterocycles. The summed E-state index contributed by atoms with van der Waals surface area (Å²) in [5.74, 6) is -0.966. The van der Waals surface area contributed by atoms with E-state index in [1.165, 1.54) is 6.07 Å². The Bertz CT molecular complexity index is 1260. The minimum absolute atomic E-state index is 0.180. The summed E-state index contributed by atoms with van der Waals surface area (Å²) >= 11 is 13.6. The van der Waals surface area contributed by atoms with E-state index in [-0.39, 0.29) is 39.3 Å². The van der Waals surface area contributed by atoms with Crippen LogP contribution in [0.1, 0.15) is 31.8 Å². The SMILES string of the molecule is CSc1ccc(-c2cc(O)c3c(c2O)C(=O)c2ccccc2C3=O)c(N(CCCl)CCCl)c1. The van der Waals surface area contributed by atoms with E-state index < -0.39 is 11.6 Å². The first-order chi connectivity index (χ1) is 15.9. The fraction of sp³-hybridized carbons (Fsp3) is 0.200. The molecular formula is C25H21Cl2NO4S. The first-order valence-corrected chi connectivity index (χ1v) is 12.5. The number of halogens is 2. The largest absolute Gasteiger partial charge is 0.507 e. The third kappa shape index (κ3) is 4.07. The molecule has 0 spiro atoms. The predicted octanol–water partition coefficient (Wildman–Crippen LogP) is 5.55. The number of carbonyl (C=O) groups excluding carboxylic acids is 2. The second-order valence-electron chi connectivity index (χ2n) is 7.49. The van der Waals surface area contributed by atoms with Gasteiger partial charge in [-0.2, -0.15) is 0 Å². The number of hydrogen-bond donors (Lipinski definition) is 2. The molecule has 170 valence electrons. The minimum Gasteiger partial charge on any atom is -0.507 e. The minimum atomic E-state index is -0.504. The van der Waals surface area contributed by atoms with Crippen LogP contribution in [-0.4, -0.2) is 52.9 Å². The number of nitrogens with zero attached hydrogens (tertiary/aromatic N) is 1. The number of thioether (sulfide) groups is 1. The lowest BCUT2D eigenvalue weighted by atomic mass is 9.81. The molecule has 1 aliphatic carbocycles. The molecule has 5 nitrogen and oxygen atoms in total. The van der Waals surface area contributed by atoms with Crippen LogP contribution in [0.5, 0.6) is 11.5 Å². The van der Waals surface area contributed by atoms with E-state index >= 15 is 0 Å². The summed E-state index contributed by atoms with van der Waals surface area (Å²) in [6.45, 7) is 1.03. The number of alkyl halides is 2. The zero-order valence-electron chi connectivity index (χ0n) is 17.8. The quantitative estimate of drug-likeness (QED) is 0.196. The van der Waals surface area contributed by atoms with Crippen LogP contribution in [-0.2, 0) is 0 Å². The van der Waals surface area contributed by atoms with Crippen LogP contribution in [0.15, 0.2) is 53.4 Å². The number of fused-ring (bicyclic) bond motifs is 2. The molecule has 8 heteroatoms. The highest BCUT2D eigenvalue weighted by Crippen LogP contribution is 2.46. The number of phenolic OH excluding ortho intramolecular Hbond substituents is 2. The van der Waals surface area contributed by atoms with E-state index in [2.05, 4.69) is 0 Å². The van der Waals surface area contributed by atoms with Gasteiger partial charge < -0.3 is 15.1 Å². The molecule has 3 aromatic carbocycles. The third-order valence-corrected chi connectivity index (χ3v) is 6.76. The lowest BCUT2D eigenvalue weighted by Crippen LogP contribution is -2.28. The van der Waals surface area contributed by atoms with E-state index in [4.69, 9.17) is 23.2 Å². The van der Waals surface area contributed by atoms with E-state index in [0.717, 1.165) is 10.6 Å². The third-order valence-electron chi connectivity index (χ3n) is 5.69. The number of hydrogen-bond acceptors (Lipinski definition) is 6. The number of carbonyl (C=O) groups is 2. The maximum Gasteiger partial charge on any atom is 0.198 e. The fourth-order valence-corrected chi connectivity index (χ4v) is 4.99. The van der Waals surface area contributed by atoms with Crippen LogP contribution in [0, 0.1) is 0 Å². The predicted molar refractivity (Wildman–Crippen MR) is 134 cm³/mol. The van der Waals surface area contributed by atoms with Gasteiger partial charge in [-0.15, -0.1) is 35.0 Å². The van der Waals surface area contributed by atoms with Crippen molar-refractivity contribution in [3.8, 4) is 22.6 Å². The monoisotopic (exact) mass is 501 g/mol. The molecule has 2 N–H and O–H groups in total. The highest BCUT2D eigenvalue weighted by atomic mass is 35.5. The maximum atomic E-state index is 13.3. The molecule has 1 aliphatic rings. The first-order valence-electron chi connectivity index (χ1n) is 10.3. The second-order valence-corrected chi connectivity index (χ2v) is 9.13. The number of aromatic hydroxyl groups is 2. The molecule has 0 radical (unpaired) electrons. The van der Waals surface area contributed by atoms with Crippen molar-refractivity contribution in [2.75, 3.05) is 36.0 Å². The summed E-state index contributed by atoms with van der Waals surface area (Å²) in [5, 5.41) is 22.1. The van der Waals surface area contributed by atoms with E-state index in [9.17, 15) is 19.8 Å². The van der Waals surface area contributed by atoms with Gasteiger partial charge in [-0.25, -0.2) is 0 Å². The Morgan fingerprint density at radius 3 is 2.00 bits per heavy atom. The molecule has 0 saturated heterocycles. The Hall–Kier alpha value is -2.67. The van der Waals surface area contributed by atoms with Gasteiger partial charge in [-0.05, 0) is 24.5 Å². The number of benzene rings is 3. The molecule has 4 rings (SSSR count). The molecule has 0 unspecified atom stereocenters. The zero-order valence-corrected chi connectivity index (χ0v) is 20.1. The zero-order chi connectivity index (χ0) is 23.7. The van der Waals surface area contributed by atoms with Gasteiger partial charge in [0.1, 0.15) is 11.5 Å². The molecule has 0 aromatic heterocycles. The van der Waals surface area contributed by atoms with E-state index in [0.29, 0.717) is 30.4 Å². The molecule has 0 amide bonds. The van der Waals surface area contributed by atoms with Gasteiger partial charge in [0.15, 0.2) is 11.6 Å². The molecular weight excluding hydrogens is 481 g/mol. The van der Waals surface area contributed by atoms with Crippen molar-refractivity contribution in [1.82, 2.24) is 0 Å². The Balaban J connectivity index is 1.96. The number of rotatable bonds is 7. The summed E-state index contributed by atoms with van der Waals surface area (Å²) in [7, 11) is 0. The van der Waals surface area contributed by atoms with Crippen LogP contribution in [0.3, 0.4) is 0 Å². The summed E-state index contributed by atoms with van der Waals surface area (Å²) in [4.78, 5) is 29.3. The van der Waals surface area contributed by atoms with Crippen molar-refractivity contribution in [3.63, 3.8) is 0 Å². The van der Waals surface area contributed by atoms with Crippen LogP contribution in [0.4, 0.5) is 5.69 Å².